The standard InChI is InChI=1S/C23H20F6N6O4/c1-20(2,3)39-19(37)34-18-35-21(4,22(25,26)17(38-18)23(27,28)29)15-12(24)6-8-14(32-15)33-16(36)13-7-5-11(9-30)10-31-13/h5-8,10,17H,1-4H3,(H,32,33,36)(H,34,35,37)/t17-,21+/m0/s1. The van der Waals surface area contributed by atoms with Gasteiger partial charge in [-0.25, -0.2) is 29.5 Å². The molecule has 39 heavy (non-hydrogen) atoms. The van der Waals surface area contributed by atoms with Crippen molar-refractivity contribution in [2.24, 2.45) is 4.99 Å². The molecule has 1 aliphatic rings. The number of alkyl halides is 5. The van der Waals surface area contributed by atoms with Crippen LogP contribution in [0.3, 0.4) is 0 Å². The Morgan fingerprint density at radius 1 is 1.13 bits per heavy atom. The number of rotatable bonds is 3. The van der Waals surface area contributed by atoms with E-state index in [0.29, 0.717) is 13.0 Å². The fourth-order valence-corrected chi connectivity index (χ4v) is 3.30. The van der Waals surface area contributed by atoms with Gasteiger partial charge >= 0.3 is 18.2 Å². The number of halogens is 6. The van der Waals surface area contributed by atoms with Crippen LogP contribution in [0.25, 0.3) is 0 Å². The molecule has 0 saturated carbocycles. The number of amides is 2. The molecule has 0 fully saturated rings. The second-order valence-corrected chi connectivity index (χ2v) is 9.30. The van der Waals surface area contributed by atoms with Gasteiger partial charge in [0, 0.05) is 6.20 Å². The second kappa shape index (κ2) is 10.0. The number of nitrogens with one attached hydrogen (secondary N) is 2. The number of ether oxygens (including phenoxy) is 2. The molecule has 0 spiro atoms. The average molecular weight is 558 g/mol. The van der Waals surface area contributed by atoms with Gasteiger partial charge in [-0.1, -0.05) is 0 Å². The Bertz CT molecular complexity index is 1350. The minimum Gasteiger partial charge on any atom is -0.445 e. The fraction of sp³-hybridized carbons (Fsp3) is 0.391. The zero-order chi connectivity index (χ0) is 29.4. The lowest BCUT2D eigenvalue weighted by atomic mass is 9.84. The first-order valence-electron chi connectivity index (χ1n) is 10.9. The summed E-state index contributed by atoms with van der Waals surface area (Å²) < 4.78 is 95.8. The van der Waals surface area contributed by atoms with Gasteiger partial charge in [0.05, 0.1) is 5.56 Å². The number of nitrogens with zero attached hydrogens (tertiary/aromatic N) is 4. The van der Waals surface area contributed by atoms with E-state index in [2.05, 4.69) is 25.0 Å². The van der Waals surface area contributed by atoms with Crippen molar-refractivity contribution < 1.29 is 45.4 Å². The summed E-state index contributed by atoms with van der Waals surface area (Å²) in [6, 6.07) is 4.35. The summed E-state index contributed by atoms with van der Waals surface area (Å²) >= 11 is 0. The Morgan fingerprint density at radius 2 is 1.79 bits per heavy atom. The molecule has 2 amide bonds. The number of aliphatic imine (C=N–C) groups is 1. The quantitative estimate of drug-likeness (QED) is 0.532. The van der Waals surface area contributed by atoms with Crippen LogP contribution in [-0.4, -0.2) is 51.8 Å². The first-order chi connectivity index (χ1) is 17.9. The molecule has 2 aromatic rings. The summed E-state index contributed by atoms with van der Waals surface area (Å²) in [6.07, 6.45) is -9.88. The number of anilines is 1. The SMILES string of the molecule is CC(C)(C)OC(=O)NC1=N[C@](C)(c2nc(NC(=O)c3ccc(C#N)cn3)ccc2F)C(F)(F)[C@@H](C(F)(F)F)O1. The van der Waals surface area contributed by atoms with E-state index in [1.165, 1.54) is 32.9 Å². The van der Waals surface area contributed by atoms with E-state index in [4.69, 9.17) is 10.00 Å². The lowest BCUT2D eigenvalue weighted by Crippen LogP contribution is -2.63. The topological polar surface area (TPSA) is 139 Å². The molecule has 1 aliphatic heterocycles. The van der Waals surface area contributed by atoms with Crippen molar-refractivity contribution in [1.29, 1.82) is 5.26 Å². The summed E-state index contributed by atoms with van der Waals surface area (Å²) in [4.78, 5) is 35.3. The molecular formula is C23H20F6N6O4. The van der Waals surface area contributed by atoms with Crippen molar-refractivity contribution in [3.63, 3.8) is 0 Å². The number of amidine groups is 1. The van der Waals surface area contributed by atoms with E-state index < -0.39 is 64.7 Å². The minimum atomic E-state index is -5.70. The Hall–Kier alpha value is -4.42. The molecule has 3 rings (SSSR count). The second-order valence-electron chi connectivity index (χ2n) is 9.30. The van der Waals surface area contributed by atoms with E-state index in [0.717, 1.165) is 12.3 Å². The van der Waals surface area contributed by atoms with Crippen LogP contribution in [0.2, 0.25) is 0 Å². The van der Waals surface area contributed by atoms with Crippen molar-refractivity contribution >= 4 is 23.8 Å². The van der Waals surface area contributed by atoms with Crippen LogP contribution in [0.4, 0.5) is 37.0 Å². The largest absolute Gasteiger partial charge is 0.445 e. The number of nitriles is 1. The Morgan fingerprint density at radius 3 is 2.33 bits per heavy atom. The maximum atomic E-state index is 15.4. The van der Waals surface area contributed by atoms with Gasteiger partial charge in [-0.15, -0.1) is 0 Å². The molecule has 2 N–H and O–H groups in total. The van der Waals surface area contributed by atoms with Crippen LogP contribution in [0.15, 0.2) is 35.5 Å². The first-order valence-corrected chi connectivity index (χ1v) is 10.9. The summed E-state index contributed by atoms with van der Waals surface area (Å²) in [6.45, 7) is 4.75. The molecule has 0 saturated heterocycles. The average Bonchev–Trinajstić information content (AvgIpc) is 2.80. The van der Waals surface area contributed by atoms with Crippen LogP contribution >= 0.6 is 0 Å². The molecule has 0 unspecified atom stereocenters. The molecule has 0 aliphatic carbocycles. The Labute approximate surface area is 217 Å². The van der Waals surface area contributed by atoms with E-state index in [1.54, 1.807) is 11.4 Å². The van der Waals surface area contributed by atoms with Crippen LogP contribution in [0, 0.1) is 17.1 Å². The van der Waals surface area contributed by atoms with Gasteiger partial charge in [0.1, 0.15) is 34.7 Å². The molecule has 3 heterocycles. The predicted octanol–water partition coefficient (Wildman–Crippen LogP) is 4.43. The molecular weight excluding hydrogens is 538 g/mol. The van der Waals surface area contributed by atoms with Crippen molar-refractivity contribution in [3.05, 3.63) is 53.2 Å². The van der Waals surface area contributed by atoms with Gasteiger partial charge in [0.15, 0.2) is 5.54 Å². The van der Waals surface area contributed by atoms with Crippen LogP contribution in [0.5, 0.6) is 0 Å². The van der Waals surface area contributed by atoms with Crippen LogP contribution in [0.1, 0.15) is 49.4 Å². The molecule has 2 aromatic heterocycles. The van der Waals surface area contributed by atoms with Gasteiger partial charge < -0.3 is 14.8 Å². The van der Waals surface area contributed by atoms with Gasteiger partial charge in [0.2, 0.25) is 0 Å². The molecule has 16 heteroatoms. The van der Waals surface area contributed by atoms with E-state index in [1.807, 2.05) is 0 Å². The zero-order valence-electron chi connectivity index (χ0n) is 20.7. The number of hydrogen-bond acceptors (Lipinski definition) is 8. The van der Waals surface area contributed by atoms with Crippen LogP contribution in [-0.2, 0) is 15.0 Å². The molecule has 0 radical (unpaired) electrons. The summed E-state index contributed by atoms with van der Waals surface area (Å²) in [7, 11) is 0. The molecule has 10 nitrogen and oxygen atoms in total. The summed E-state index contributed by atoms with van der Waals surface area (Å²) in [5.41, 5.74) is -5.91. The van der Waals surface area contributed by atoms with Gasteiger partial charge in [-0.05, 0) is 52.0 Å². The monoisotopic (exact) mass is 558 g/mol. The predicted molar refractivity (Wildman–Crippen MR) is 121 cm³/mol. The first kappa shape index (κ1) is 29.1. The Balaban J connectivity index is 2.05. The minimum absolute atomic E-state index is 0.135. The number of pyridine rings is 2. The van der Waals surface area contributed by atoms with Gasteiger partial charge in [-0.2, -0.15) is 27.2 Å². The third-order valence-corrected chi connectivity index (χ3v) is 5.11. The highest BCUT2D eigenvalue weighted by molar-refractivity contribution is 6.02. The maximum absolute atomic E-state index is 15.4. The fourth-order valence-electron chi connectivity index (χ4n) is 3.30. The van der Waals surface area contributed by atoms with Crippen molar-refractivity contribution in [1.82, 2.24) is 15.3 Å². The Kier molecular flexibility index (Phi) is 7.50. The molecule has 0 aromatic carbocycles. The number of carbonyl (C=O) groups excluding carboxylic acids is 2. The highest BCUT2D eigenvalue weighted by Crippen LogP contribution is 2.51. The van der Waals surface area contributed by atoms with Crippen molar-refractivity contribution in [2.45, 2.75) is 57.0 Å². The number of alkyl carbamates (subject to hydrolysis) is 1. The number of aromatic nitrogens is 2. The summed E-state index contributed by atoms with van der Waals surface area (Å²) in [5, 5.41) is 12.7. The van der Waals surface area contributed by atoms with E-state index >= 15 is 8.78 Å². The lowest BCUT2D eigenvalue weighted by Gasteiger charge is -2.42. The maximum Gasteiger partial charge on any atom is 0.431 e. The van der Waals surface area contributed by atoms with Gasteiger partial charge in [0.25, 0.3) is 18.0 Å². The third kappa shape index (κ3) is 6.19. The zero-order valence-corrected chi connectivity index (χ0v) is 20.7. The number of carbonyl (C=O) groups is 2. The van der Waals surface area contributed by atoms with Crippen molar-refractivity contribution in [3.8, 4) is 6.07 Å². The smallest absolute Gasteiger partial charge is 0.431 e. The normalized spacial score (nSPS) is 20.6. The lowest BCUT2D eigenvalue weighted by molar-refractivity contribution is -0.288. The number of hydrogen-bond donors (Lipinski definition) is 2. The van der Waals surface area contributed by atoms with Crippen molar-refractivity contribution in [2.75, 3.05) is 5.32 Å². The third-order valence-electron chi connectivity index (χ3n) is 5.11. The van der Waals surface area contributed by atoms with E-state index in [-0.39, 0.29) is 11.3 Å². The van der Waals surface area contributed by atoms with Gasteiger partial charge in [-0.3, -0.25) is 4.79 Å². The molecule has 0 bridgehead atoms. The summed E-state index contributed by atoms with van der Waals surface area (Å²) in [5.74, 6) is -7.94. The molecule has 2 atom stereocenters. The molecule has 208 valence electrons. The van der Waals surface area contributed by atoms with Crippen LogP contribution < -0.4 is 10.6 Å². The highest BCUT2D eigenvalue weighted by Gasteiger charge is 2.71. The van der Waals surface area contributed by atoms with E-state index in [9.17, 15) is 27.2 Å². The highest BCUT2D eigenvalue weighted by atomic mass is 19.4.